The normalized spacial score (nSPS) is 41.3. The van der Waals surface area contributed by atoms with E-state index < -0.39 is 0 Å². The zero-order valence-electron chi connectivity index (χ0n) is 10.8. The summed E-state index contributed by atoms with van der Waals surface area (Å²) >= 11 is 0. The van der Waals surface area contributed by atoms with Gasteiger partial charge in [-0.3, -0.25) is 0 Å². The van der Waals surface area contributed by atoms with Crippen molar-refractivity contribution in [1.82, 2.24) is 5.43 Å². The van der Waals surface area contributed by atoms with Crippen LogP contribution in [0.1, 0.15) is 52.9 Å². The standard InChI is InChI=1S/C14H24N2/c1-14(2,3)16-15-13-11-5-9-4-10(7-11)8-12(13)6-9/h9-12,16H,4-8H2,1-3H3. The molecule has 0 radical (unpaired) electrons. The van der Waals surface area contributed by atoms with Gasteiger partial charge in [0.15, 0.2) is 0 Å². The summed E-state index contributed by atoms with van der Waals surface area (Å²) in [4.78, 5) is 0. The van der Waals surface area contributed by atoms with Crippen molar-refractivity contribution in [2.45, 2.75) is 58.4 Å². The fourth-order valence-electron chi connectivity index (χ4n) is 4.08. The lowest BCUT2D eigenvalue weighted by Crippen LogP contribution is -2.47. The Morgan fingerprint density at radius 2 is 1.44 bits per heavy atom. The van der Waals surface area contributed by atoms with Crippen molar-refractivity contribution in [3.8, 4) is 0 Å². The minimum atomic E-state index is 0.113. The van der Waals surface area contributed by atoms with E-state index in [4.69, 9.17) is 5.10 Å². The van der Waals surface area contributed by atoms with E-state index in [0.717, 1.165) is 23.7 Å². The third kappa shape index (κ3) is 1.87. The highest BCUT2D eigenvalue weighted by molar-refractivity contribution is 5.90. The molecule has 0 atom stereocenters. The number of hydrogen-bond donors (Lipinski definition) is 1. The Labute approximate surface area is 98.9 Å². The lowest BCUT2D eigenvalue weighted by molar-refractivity contribution is 0.107. The zero-order valence-corrected chi connectivity index (χ0v) is 10.8. The van der Waals surface area contributed by atoms with E-state index in [9.17, 15) is 0 Å². The zero-order chi connectivity index (χ0) is 11.3. The van der Waals surface area contributed by atoms with Crippen LogP contribution in [0.25, 0.3) is 0 Å². The van der Waals surface area contributed by atoms with E-state index in [0.29, 0.717) is 0 Å². The third-order valence-electron chi connectivity index (χ3n) is 4.50. The number of hydrazone groups is 1. The van der Waals surface area contributed by atoms with E-state index in [2.05, 4.69) is 26.2 Å². The van der Waals surface area contributed by atoms with Gasteiger partial charge in [0.1, 0.15) is 0 Å². The van der Waals surface area contributed by atoms with Gasteiger partial charge in [-0.1, -0.05) is 0 Å². The highest BCUT2D eigenvalue weighted by Crippen LogP contribution is 2.52. The van der Waals surface area contributed by atoms with Crippen LogP contribution in [0.2, 0.25) is 0 Å². The molecule has 0 spiro atoms. The molecule has 4 fully saturated rings. The fraction of sp³-hybridized carbons (Fsp3) is 0.929. The summed E-state index contributed by atoms with van der Waals surface area (Å²) in [6.45, 7) is 6.56. The van der Waals surface area contributed by atoms with Crippen LogP contribution >= 0.6 is 0 Å². The minimum Gasteiger partial charge on any atom is -0.305 e. The maximum atomic E-state index is 4.76. The van der Waals surface area contributed by atoms with Crippen molar-refractivity contribution in [2.75, 3.05) is 0 Å². The van der Waals surface area contributed by atoms with Crippen LogP contribution in [0.4, 0.5) is 0 Å². The molecule has 4 aliphatic carbocycles. The van der Waals surface area contributed by atoms with Crippen LogP contribution in [0.3, 0.4) is 0 Å². The Morgan fingerprint density at radius 1 is 0.938 bits per heavy atom. The van der Waals surface area contributed by atoms with E-state index in [1.54, 1.807) is 0 Å². The number of rotatable bonds is 1. The Balaban J connectivity index is 1.76. The van der Waals surface area contributed by atoms with Gasteiger partial charge in [0, 0.05) is 11.3 Å². The first kappa shape index (κ1) is 10.6. The quantitative estimate of drug-likeness (QED) is 0.674. The van der Waals surface area contributed by atoms with Gasteiger partial charge in [-0.2, -0.15) is 5.10 Å². The second kappa shape index (κ2) is 3.48. The number of nitrogens with zero attached hydrogens (tertiary/aromatic N) is 1. The van der Waals surface area contributed by atoms with Gasteiger partial charge in [0.25, 0.3) is 0 Å². The molecule has 0 saturated heterocycles. The summed E-state index contributed by atoms with van der Waals surface area (Å²) in [6.07, 6.45) is 7.23. The summed E-state index contributed by atoms with van der Waals surface area (Å²) in [6, 6.07) is 0. The van der Waals surface area contributed by atoms with Crippen molar-refractivity contribution in [1.29, 1.82) is 0 Å². The van der Waals surface area contributed by atoms with Crippen molar-refractivity contribution >= 4 is 5.71 Å². The highest BCUT2D eigenvalue weighted by atomic mass is 15.3. The summed E-state index contributed by atoms with van der Waals surface area (Å²) in [5, 5.41) is 4.76. The van der Waals surface area contributed by atoms with Gasteiger partial charge in [-0.15, -0.1) is 0 Å². The summed E-state index contributed by atoms with van der Waals surface area (Å²) in [7, 11) is 0. The molecule has 4 saturated carbocycles. The first-order chi connectivity index (χ1) is 7.51. The van der Waals surface area contributed by atoms with E-state index in [1.807, 2.05) is 0 Å². The first-order valence-electron chi connectivity index (χ1n) is 6.86. The minimum absolute atomic E-state index is 0.113. The molecule has 0 unspecified atom stereocenters. The predicted octanol–water partition coefficient (Wildman–Crippen LogP) is 3.19. The lowest BCUT2D eigenvalue weighted by atomic mass is 9.55. The monoisotopic (exact) mass is 220 g/mol. The SMILES string of the molecule is CC(C)(C)NN=C1C2CC3CC(C2)CC1C3. The van der Waals surface area contributed by atoms with Crippen LogP contribution in [-0.2, 0) is 0 Å². The summed E-state index contributed by atoms with van der Waals surface area (Å²) in [5.74, 6) is 3.73. The fourth-order valence-corrected chi connectivity index (χ4v) is 4.08. The van der Waals surface area contributed by atoms with Gasteiger partial charge in [-0.05, 0) is 76.5 Å². The molecule has 90 valence electrons. The Bertz CT molecular complexity index is 281. The van der Waals surface area contributed by atoms with Crippen molar-refractivity contribution < 1.29 is 0 Å². The lowest BCUT2D eigenvalue weighted by Gasteiger charge is -2.50. The largest absolute Gasteiger partial charge is 0.305 e. The average molecular weight is 220 g/mol. The molecule has 4 bridgehead atoms. The Morgan fingerprint density at radius 3 is 1.88 bits per heavy atom. The number of nitrogens with one attached hydrogen (secondary N) is 1. The molecular weight excluding hydrogens is 196 g/mol. The molecule has 4 aliphatic rings. The molecule has 0 heterocycles. The van der Waals surface area contributed by atoms with Crippen LogP contribution in [-0.4, -0.2) is 11.3 Å². The molecule has 0 amide bonds. The molecule has 1 N–H and O–H groups in total. The molecule has 2 nitrogen and oxygen atoms in total. The third-order valence-corrected chi connectivity index (χ3v) is 4.50. The molecule has 2 heteroatoms. The molecule has 0 aromatic rings. The molecular formula is C14H24N2. The molecule has 0 aromatic heterocycles. The van der Waals surface area contributed by atoms with Gasteiger partial charge < -0.3 is 5.43 Å². The van der Waals surface area contributed by atoms with Gasteiger partial charge in [-0.25, -0.2) is 0 Å². The van der Waals surface area contributed by atoms with Crippen LogP contribution in [0.15, 0.2) is 5.10 Å². The maximum absolute atomic E-state index is 4.76. The van der Waals surface area contributed by atoms with Gasteiger partial charge in [0.2, 0.25) is 0 Å². The topological polar surface area (TPSA) is 24.4 Å². The van der Waals surface area contributed by atoms with E-state index in [-0.39, 0.29) is 5.54 Å². The van der Waals surface area contributed by atoms with Crippen molar-refractivity contribution in [2.24, 2.45) is 28.8 Å². The van der Waals surface area contributed by atoms with Crippen molar-refractivity contribution in [3.05, 3.63) is 0 Å². The van der Waals surface area contributed by atoms with Crippen LogP contribution < -0.4 is 5.43 Å². The first-order valence-corrected chi connectivity index (χ1v) is 6.86. The Kier molecular flexibility index (Phi) is 2.31. The molecule has 16 heavy (non-hydrogen) atoms. The van der Waals surface area contributed by atoms with Gasteiger partial charge in [0.05, 0.1) is 0 Å². The van der Waals surface area contributed by atoms with Crippen LogP contribution in [0, 0.1) is 23.7 Å². The van der Waals surface area contributed by atoms with Crippen LogP contribution in [0.5, 0.6) is 0 Å². The second-order valence-electron chi connectivity index (χ2n) is 7.20. The predicted molar refractivity (Wildman–Crippen MR) is 67.4 cm³/mol. The van der Waals surface area contributed by atoms with E-state index in [1.165, 1.54) is 37.8 Å². The highest BCUT2D eigenvalue weighted by Gasteiger charge is 2.46. The second-order valence-corrected chi connectivity index (χ2v) is 7.20. The smallest absolute Gasteiger partial charge is 0.0464 e. The molecule has 0 aliphatic heterocycles. The average Bonchev–Trinajstić information content (AvgIpc) is 2.13. The Hall–Kier alpha value is -0.530. The van der Waals surface area contributed by atoms with E-state index >= 15 is 0 Å². The van der Waals surface area contributed by atoms with Gasteiger partial charge >= 0.3 is 0 Å². The number of hydrogen-bond acceptors (Lipinski definition) is 2. The maximum Gasteiger partial charge on any atom is 0.0464 e. The summed E-state index contributed by atoms with van der Waals surface area (Å²) < 4.78 is 0. The summed E-state index contributed by atoms with van der Waals surface area (Å²) in [5.41, 5.74) is 4.97. The molecule has 4 rings (SSSR count). The van der Waals surface area contributed by atoms with Crippen molar-refractivity contribution in [3.63, 3.8) is 0 Å². The molecule has 0 aromatic carbocycles.